The lowest BCUT2D eigenvalue weighted by Crippen LogP contribution is -2.37. The summed E-state index contributed by atoms with van der Waals surface area (Å²) >= 11 is 0. The zero-order valence-corrected chi connectivity index (χ0v) is 17.3. The molecule has 1 atom stereocenters. The Morgan fingerprint density at radius 1 is 1.03 bits per heavy atom. The Kier molecular flexibility index (Phi) is 6.60. The SMILES string of the molecule is NCC1CCC(C(=O)N[C@@H](Cc2ccccc2)c2cnc(-c3ccccc3)[nH]2)CC1. The molecule has 5 nitrogen and oxygen atoms in total. The molecule has 2 aromatic carbocycles. The fourth-order valence-electron chi connectivity index (χ4n) is 4.29. The molecule has 0 bridgehead atoms. The molecule has 156 valence electrons. The van der Waals surface area contributed by atoms with Crippen LogP contribution in [0.4, 0.5) is 0 Å². The second-order valence-electron chi connectivity index (χ2n) is 8.26. The first-order chi connectivity index (χ1) is 14.7. The summed E-state index contributed by atoms with van der Waals surface area (Å²) in [7, 11) is 0. The lowest BCUT2D eigenvalue weighted by Gasteiger charge is -2.28. The van der Waals surface area contributed by atoms with Crippen molar-refractivity contribution in [2.45, 2.75) is 38.1 Å². The van der Waals surface area contributed by atoms with Crippen molar-refractivity contribution < 1.29 is 4.79 Å². The van der Waals surface area contributed by atoms with E-state index in [0.717, 1.165) is 55.7 Å². The molecule has 1 aliphatic carbocycles. The lowest BCUT2D eigenvalue weighted by molar-refractivity contribution is -0.127. The Morgan fingerprint density at radius 3 is 2.37 bits per heavy atom. The summed E-state index contributed by atoms with van der Waals surface area (Å²) in [5.74, 6) is 1.60. The third-order valence-electron chi connectivity index (χ3n) is 6.17. The highest BCUT2D eigenvalue weighted by Gasteiger charge is 2.28. The zero-order chi connectivity index (χ0) is 20.8. The fourth-order valence-corrected chi connectivity index (χ4v) is 4.29. The van der Waals surface area contributed by atoms with Gasteiger partial charge in [0.1, 0.15) is 5.82 Å². The summed E-state index contributed by atoms with van der Waals surface area (Å²) < 4.78 is 0. The number of rotatable bonds is 7. The van der Waals surface area contributed by atoms with Crippen molar-refractivity contribution in [2.24, 2.45) is 17.6 Å². The number of carbonyl (C=O) groups is 1. The van der Waals surface area contributed by atoms with Crippen molar-refractivity contribution in [3.8, 4) is 11.4 Å². The van der Waals surface area contributed by atoms with E-state index in [1.165, 1.54) is 5.56 Å². The minimum Gasteiger partial charge on any atom is -0.347 e. The van der Waals surface area contributed by atoms with Gasteiger partial charge in [0.2, 0.25) is 5.91 Å². The van der Waals surface area contributed by atoms with Gasteiger partial charge in [0.25, 0.3) is 0 Å². The molecular weight excluding hydrogens is 372 g/mol. The van der Waals surface area contributed by atoms with Gasteiger partial charge in [-0.05, 0) is 50.1 Å². The molecule has 1 aromatic heterocycles. The highest BCUT2D eigenvalue weighted by atomic mass is 16.1. The molecule has 30 heavy (non-hydrogen) atoms. The smallest absolute Gasteiger partial charge is 0.223 e. The summed E-state index contributed by atoms with van der Waals surface area (Å²) in [5, 5.41) is 3.31. The number of amides is 1. The van der Waals surface area contributed by atoms with Crippen molar-refractivity contribution in [3.05, 3.63) is 78.1 Å². The number of benzene rings is 2. The van der Waals surface area contributed by atoms with Crippen molar-refractivity contribution in [3.63, 3.8) is 0 Å². The Balaban J connectivity index is 1.51. The van der Waals surface area contributed by atoms with Gasteiger partial charge < -0.3 is 16.0 Å². The number of nitrogens with two attached hydrogens (primary N) is 1. The van der Waals surface area contributed by atoms with Crippen LogP contribution in [0.15, 0.2) is 66.9 Å². The molecule has 1 amide bonds. The van der Waals surface area contributed by atoms with E-state index >= 15 is 0 Å². The summed E-state index contributed by atoms with van der Waals surface area (Å²) in [6.45, 7) is 0.724. The van der Waals surface area contributed by atoms with Gasteiger partial charge in [-0.15, -0.1) is 0 Å². The number of nitrogens with one attached hydrogen (secondary N) is 2. The van der Waals surface area contributed by atoms with Gasteiger partial charge in [0.05, 0.1) is 17.9 Å². The Labute approximate surface area is 178 Å². The van der Waals surface area contributed by atoms with Gasteiger partial charge in [0, 0.05) is 11.5 Å². The van der Waals surface area contributed by atoms with Gasteiger partial charge in [-0.1, -0.05) is 60.7 Å². The van der Waals surface area contributed by atoms with Crippen LogP contribution in [0.5, 0.6) is 0 Å². The number of nitrogens with zero attached hydrogens (tertiary/aromatic N) is 1. The summed E-state index contributed by atoms with van der Waals surface area (Å²) in [6.07, 6.45) is 6.50. The van der Waals surface area contributed by atoms with Crippen LogP contribution < -0.4 is 11.1 Å². The van der Waals surface area contributed by atoms with E-state index in [4.69, 9.17) is 5.73 Å². The van der Waals surface area contributed by atoms with Crippen molar-refractivity contribution in [1.29, 1.82) is 0 Å². The predicted molar refractivity (Wildman–Crippen MR) is 120 cm³/mol. The molecule has 3 aromatic rings. The number of hydrogen-bond acceptors (Lipinski definition) is 3. The molecule has 4 rings (SSSR count). The maximum Gasteiger partial charge on any atom is 0.223 e. The van der Waals surface area contributed by atoms with E-state index in [1.807, 2.05) is 54.7 Å². The number of aromatic nitrogens is 2. The molecule has 1 heterocycles. The highest BCUT2D eigenvalue weighted by Crippen LogP contribution is 2.29. The zero-order valence-electron chi connectivity index (χ0n) is 17.3. The van der Waals surface area contributed by atoms with Crippen LogP contribution in [0, 0.1) is 11.8 Å². The second-order valence-corrected chi connectivity index (χ2v) is 8.26. The van der Waals surface area contributed by atoms with Gasteiger partial charge in [-0.25, -0.2) is 4.98 Å². The first-order valence-corrected chi connectivity index (χ1v) is 10.9. The predicted octanol–water partition coefficient (Wildman–Crippen LogP) is 4.24. The van der Waals surface area contributed by atoms with E-state index in [-0.39, 0.29) is 17.9 Å². The molecule has 1 saturated carbocycles. The van der Waals surface area contributed by atoms with E-state index in [9.17, 15) is 4.79 Å². The molecule has 0 spiro atoms. The van der Waals surface area contributed by atoms with Crippen LogP contribution in [0.25, 0.3) is 11.4 Å². The average Bonchev–Trinajstić information content (AvgIpc) is 3.30. The Hall–Kier alpha value is -2.92. The van der Waals surface area contributed by atoms with Crippen molar-refractivity contribution >= 4 is 5.91 Å². The standard InChI is InChI=1S/C25H30N4O/c26-16-19-11-13-21(14-12-19)25(30)29-22(15-18-7-3-1-4-8-18)23-17-27-24(28-23)20-9-5-2-6-10-20/h1-10,17,19,21-22H,11-16,26H2,(H,27,28)(H,29,30)/t19?,21?,22-/m0/s1. The molecular formula is C25H30N4O. The number of carbonyl (C=O) groups excluding carboxylic acids is 1. The van der Waals surface area contributed by atoms with Crippen LogP contribution in [0.3, 0.4) is 0 Å². The topological polar surface area (TPSA) is 83.8 Å². The maximum atomic E-state index is 13.1. The summed E-state index contributed by atoms with van der Waals surface area (Å²) in [4.78, 5) is 21.1. The quantitative estimate of drug-likeness (QED) is 0.553. The molecule has 0 radical (unpaired) electrons. The van der Waals surface area contributed by atoms with Crippen molar-refractivity contribution in [2.75, 3.05) is 6.54 Å². The summed E-state index contributed by atoms with van der Waals surface area (Å²) in [6, 6.07) is 20.2. The summed E-state index contributed by atoms with van der Waals surface area (Å²) in [5.41, 5.74) is 8.96. The fraction of sp³-hybridized carbons (Fsp3) is 0.360. The molecule has 5 heteroatoms. The number of aromatic amines is 1. The largest absolute Gasteiger partial charge is 0.347 e. The molecule has 0 unspecified atom stereocenters. The number of imidazole rings is 1. The third-order valence-corrected chi connectivity index (χ3v) is 6.17. The molecule has 4 N–H and O–H groups in total. The molecule has 1 aliphatic rings. The molecule has 1 fully saturated rings. The number of hydrogen-bond donors (Lipinski definition) is 3. The van der Waals surface area contributed by atoms with Crippen LogP contribution >= 0.6 is 0 Å². The van der Waals surface area contributed by atoms with E-state index in [0.29, 0.717) is 5.92 Å². The Bertz CT molecular complexity index is 930. The van der Waals surface area contributed by atoms with Crippen LogP contribution in [-0.2, 0) is 11.2 Å². The molecule has 0 aliphatic heterocycles. The van der Waals surface area contributed by atoms with Crippen molar-refractivity contribution in [1.82, 2.24) is 15.3 Å². The van der Waals surface area contributed by atoms with E-state index < -0.39 is 0 Å². The lowest BCUT2D eigenvalue weighted by atomic mass is 9.81. The van der Waals surface area contributed by atoms with E-state index in [2.05, 4.69) is 27.4 Å². The minimum absolute atomic E-state index is 0.0718. The van der Waals surface area contributed by atoms with Gasteiger partial charge in [0.15, 0.2) is 0 Å². The normalized spacial score (nSPS) is 19.9. The van der Waals surface area contributed by atoms with E-state index in [1.54, 1.807) is 0 Å². The van der Waals surface area contributed by atoms with Gasteiger partial charge in [-0.3, -0.25) is 4.79 Å². The van der Waals surface area contributed by atoms with Crippen LogP contribution in [0.2, 0.25) is 0 Å². The maximum absolute atomic E-state index is 13.1. The average molecular weight is 403 g/mol. The van der Waals surface area contributed by atoms with Crippen LogP contribution in [0.1, 0.15) is 43.0 Å². The monoisotopic (exact) mass is 402 g/mol. The van der Waals surface area contributed by atoms with Gasteiger partial charge in [-0.2, -0.15) is 0 Å². The minimum atomic E-state index is -0.142. The van der Waals surface area contributed by atoms with Crippen LogP contribution in [-0.4, -0.2) is 22.4 Å². The molecule has 0 saturated heterocycles. The second kappa shape index (κ2) is 9.72. The first kappa shape index (κ1) is 20.4. The number of H-pyrrole nitrogens is 1. The Morgan fingerprint density at radius 2 is 1.70 bits per heavy atom. The first-order valence-electron chi connectivity index (χ1n) is 10.9. The van der Waals surface area contributed by atoms with Gasteiger partial charge >= 0.3 is 0 Å². The highest BCUT2D eigenvalue weighted by molar-refractivity contribution is 5.79. The third kappa shape index (κ3) is 4.97.